The van der Waals surface area contributed by atoms with E-state index in [0.29, 0.717) is 12.3 Å². The Morgan fingerprint density at radius 2 is 2.35 bits per heavy atom. The Hall–Kier alpha value is -1.55. The lowest BCUT2D eigenvalue weighted by molar-refractivity contribution is 0.298. The van der Waals surface area contributed by atoms with Gasteiger partial charge in [-0.05, 0) is 25.3 Å². The molecule has 1 aliphatic rings. The third-order valence-electron chi connectivity index (χ3n) is 3.57. The van der Waals surface area contributed by atoms with Gasteiger partial charge in [0.05, 0.1) is 18.2 Å². The van der Waals surface area contributed by atoms with Crippen LogP contribution < -0.4 is 0 Å². The van der Waals surface area contributed by atoms with Crippen molar-refractivity contribution < 1.29 is 9.52 Å². The SMILES string of the molecule is OCCc1c(-c2ccoc2)n[nH]c1C1CCC1. The van der Waals surface area contributed by atoms with Crippen LogP contribution in [0.5, 0.6) is 0 Å². The molecule has 1 fully saturated rings. The van der Waals surface area contributed by atoms with Gasteiger partial charge in [-0.25, -0.2) is 0 Å². The lowest BCUT2D eigenvalue weighted by atomic mass is 9.80. The molecule has 0 saturated heterocycles. The molecule has 0 bridgehead atoms. The zero-order valence-electron chi connectivity index (χ0n) is 9.65. The van der Waals surface area contributed by atoms with Crippen LogP contribution in [-0.2, 0) is 6.42 Å². The Morgan fingerprint density at radius 3 is 2.94 bits per heavy atom. The highest BCUT2D eigenvalue weighted by atomic mass is 16.3. The van der Waals surface area contributed by atoms with Crippen molar-refractivity contribution >= 4 is 0 Å². The number of hydrogen-bond acceptors (Lipinski definition) is 3. The van der Waals surface area contributed by atoms with Gasteiger partial charge in [-0.2, -0.15) is 5.10 Å². The second-order valence-electron chi connectivity index (χ2n) is 4.58. The summed E-state index contributed by atoms with van der Waals surface area (Å²) in [7, 11) is 0. The molecule has 2 aromatic rings. The van der Waals surface area contributed by atoms with Gasteiger partial charge >= 0.3 is 0 Å². The van der Waals surface area contributed by atoms with E-state index in [2.05, 4.69) is 10.2 Å². The molecule has 3 rings (SSSR count). The molecule has 17 heavy (non-hydrogen) atoms. The fraction of sp³-hybridized carbons (Fsp3) is 0.462. The van der Waals surface area contributed by atoms with E-state index in [-0.39, 0.29) is 6.61 Å². The number of aromatic nitrogens is 2. The average Bonchev–Trinajstić information content (AvgIpc) is 2.86. The highest BCUT2D eigenvalue weighted by Crippen LogP contribution is 2.39. The van der Waals surface area contributed by atoms with E-state index in [1.54, 1.807) is 12.5 Å². The Balaban J connectivity index is 2.00. The minimum absolute atomic E-state index is 0.157. The van der Waals surface area contributed by atoms with Crippen molar-refractivity contribution in [1.82, 2.24) is 10.2 Å². The molecule has 2 N–H and O–H groups in total. The van der Waals surface area contributed by atoms with Crippen LogP contribution in [-0.4, -0.2) is 21.9 Å². The molecule has 0 atom stereocenters. The molecular weight excluding hydrogens is 216 g/mol. The van der Waals surface area contributed by atoms with Gasteiger partial charge in [-0.15, -0.1) is 0 Å². The highest BCUT2D eigenvalue weighted by molar-refractivity contribution is 5.63. The third-order valence-corrected chi connectivity index (χ3v) is 3.57. The minimum atomic E-state index is 0.157. The quantitative estimate of drug-likeness (QED) is 0.851. The number of hydrogen-bond donors (Lipinski definition) is 2. The number of nitrogens with one attached hydrogen (secondary N) is 1. The highest BCUT2D eigenvalue weighted by Gasteiger charge is 2.26. The Morgan fingerprint density at radius 1 is 1.47 bits per heavy atom. The fourth-order valence-corrected chi connectivity index (χ4v) is 2.42. The second-order valence-corrected chi connectivity index (χ2v) is 4.58. The molecule has 1 saturated carbocycles. The summed E-state index contributed by atoms with van der Waals surface area (Å²) in [6.45, 7) is 0.157. The number of aromatic amines is 1. The van der Waals surface area contributed by atoms with E-state index in [0.717, 1.165) is 16.8 Å². The van der Waals surface area contributed by atoms with Gasteiger partial charge in [0.2, 0.25) is 0 Å². The summed E-state index contributed by atoms with van der Waals surface area (Å²) < 4.78 is 5.10. The smallest absolute Gasteiger partial charge is 0.0997 e. The van der Waals surface area contributed by atoms with Crippen molar-refractivity contribution in [3.63, 3.8) is 0 Å². The van der Waals surface area contributed by atoms with Crippen LogP contribution in [0, 0.1) is 0 Å². The number of furan rings is 1. The standard InChI is InChI=1S/C13H16N2O2/c16-6-4-11-12(9-2-1-3-9)14-15-13(11)10-5-7-17-8-10/h5,7-9,16H,1-4,6H2,(H,14,15). The van der Waals surface area contributed by atoms with Crippen LogP contribution in [0.25, 0.3) is 11.3 Å². The van der Waals surface area contributed by atoms with Crippen molar-refractivity contribution in [1.29, 1.82) is 0 Å². The molecule has 4 heteroatoms. The summed E-state index contributed by atoms with van der Waals surface area (Å²) in [6.07, 6.45) is 7.75. The van der Waals surface area contributed by atoms with E-state index in [1.807, 2.05) is 6.07 Å². The second kappa shape index (κ2) is 4.37. The third kappa shape index (κ3) is 1.78. The molecule has 0 spiro atoms. The van der Waals surface area contributed by atoms with Crippen LogP contribution >= 0.6 is 0 Å². The maximum atomic E-state index is 9.19. The van der Waals surface area contributed by atoms with Crippen LogP contribution in [0.15, 0.2) is 23.0 Å². The molecule has 0 amide bonds. The van der Waals surface area contributed by atoms with Crippen LogP contribution in [0.4, 0.5) is 0 Å². The normalized spacial score (nSPS) is 16.1. The lowest BCUT2D eigenvalue weighted by Gasteiger charge is -2.25. The Kier molecular flexibility index (Phi) is 2.73. The molecule has 90 valence electrons. The molecular formula is C13H16N2O2. The topological polar surface area (TPSA) is 62.1 Å². The number of aliphatic hydroxyl groups is 1. The molecule has 0 unspecified atom stereocenters. The summed E-state index contributed by atoms with van der Waals surface area (Å²) in [4.78, 5) is 0. The van der Waals surface area contributed by atoms with Crippen molar-refractivity contribution in [3.8, 4) is 11.3 Å². The predicted octanol–water partition coefficient (Wildman–Crippen LogP) is 2.47. The maximum absolute atomic E-state index is 9.19. The van der Waals surface area contributed by atoms with Crippen LogP contribution in [0.1, 0.15) is 36.4 Å². The zero-order valence-corrected chi connectivity index (χ0v) is 9.65. The molecule has 2 aromatic heterocycles. The van der Waals surface area contributed by atoms with Gasteiger partial charge in [0, 0.05) is 29.3 Å². The van der Waals surface area contributed by atoms with Gasteiger partial charge in [0.25, 0.3) is 0 Å². The zero-order chi connectivity index (χ0) is 11.7. The van der Waals surface area contributed by atoms with Crippen LogP contribution in [0.3, 0.4) is 0 Å². The van der Waals surface area contributed by atoms with Gasteiger partial charge < -0.3 is 9.52 Å². The van der Waals surface area contributed by atoms with Crippen molar-refractivity contribution in [2.45, 2.75) is 31.6 Å². The summed E-state index contributed by atoms with van der Waals surface area (Å²) in [5.74, 6) is 0.602. The maximum Gasteiger partial charge on any atom is 0.0997 e. The van der Waals surface area contributed by atoms with Gasteiger partial charge in [0.15, 0.2) is 0 Å². The van der Waals surface area contributed by atoms with E-state index in [4.69, 9.17) is 4.42 Å². The largest absolute Gasteiger partial charge is 0.472 e. The first-order valence-corrected chi connectivity index (χ1v) is 6.10. The Labute approximate surface area is 99.7 Å². The summed E-state index contributed by atoms with van der Waals surface area (Å²) in [6, 6.07) is 1.90. The summed E-state index contributed by atoms with van der Waals surface area (Å²) in [5, 5.41) is 16.7. The first kappa shape index (κ1) is 10.6. The van der Waals surface area contributed by atoms with Crippen LogP contribution in [0.2, 0.25) is 0 Å². The van der Waals surface area contributed by atoms with Gasteiger partial charge in [0.1, 0.15) is 0 Å². The monoisotopic (exact) mass is 232 g/mol. The Bertz CT molecular complexity index is 483. The first-order valence-electron chi connectivity index (χ1n) is 6.10. The average molecular weight is 232 g/mol. The number of H-pyrrole nitrogens is 1. The van der Waals surface area contributed by atoms with E-state index in [1.165, 1.54) is 25.0 Å². The molecule has 0 radical (unpaired) electrons. The lowest BCUT2D eigenvalue weighted by Crippen LogP contribution is -2.11. The fourth-order valence-electron chi connectivity index (χ4n) is 2.42. The van der Waals surface area contributed by atoms with Gasteiger partial charge in [-0.1, -0.05) is 6.42 Å². The van der Waals surface area contributed by atoms with E-state index < -0.39 is 0 Å². The first-order chi connectivity index (χ1) is 8.40. The predicted molar refractivity (Wildman–Crippen MR) is 63.7 cm³/mol. The summed E-state index contributed by atoms with van der Waals surface area (Å²) >= 11 is 0. The number of rotatable bonds is 4. The van der Waals surface area contributed by atoms with Crippen molar-refractivity contribution in [2.24, 2.45) is 0 Å². The number of aliphatic hydroxyl groups excluding tert-OH is 1. The molecule has 0 aliphatic heterocycles. The molecule has 2 heterocycles. The van der Waals surface area contributed by atoms with Gasteiger partial charge in [-0.3, -0.25) is 5.10 Å². The summed E-state index contributed by atoms with van der Waals surface area (Å²) in [5.41, 5.74) is 4.27. The van der Waals surface area contributed by atoms with E-state index in [9.17, 15) is 5.11 Å². The molecule has 4 nitrogen and oxygen atoms in total. The van der Waals surface area contributed by atoms with Crippen molar-refractivity contribution in [2.75, 3.05) is 6.61 Å². The molecule has 1 aliphatic carbocycles. The number of nitrogens with zero attached hydrogens (tertiary/aromatic N) is 1. The minimum Gasteiger partial charge on any atom is -0.472 e. The molecule has 0 aromatic carbocycles. The van der Waals surface area contributed by atoms with E-state index >= 15 is 0 Å². The van der Waals surface area contributed by atoms with Crippen molar-refractivity contribution in [3.05, 3.63) is 29.9 Å².